The molecule has 0 bridgehead atoms. The second kappa shape index (κ2) is 8.27. The van der Waals surface area contributed by atoms with Gasteiger partial charge in [0, 0.05) is 30.7 Å². The lowest BCUT2D eigenvalue weighted by molar-refractivity contribution is -0.133. The van der Waals surface area contributed by atoms with Gasteiger partial charge in [0.25, 0.3) is 0 Å². The zero-order chi connectivity index (χ0) is 14.1. The van der Waals surface area contributed by atoms with Crippen molar-refractivity contribution in [3.05, 3.63) is 11.1 Å². The molecule has 0 rings (SSSR count). The Hall–Kier alpha value is -1.85. The fourth-order valence-corrected chi connectivity index (χ4v) is 1.11. The minimum Gasteiger partial charge on any atom is -0.478 e. The molecule has 2 amide bonds. The molecule has 6 nitrogen and oxygen atoms in total. The molecule has 6 heteroatoms. The van der Waals surface area contributed by atoms with Crippen molar-refractivity contribution in [3.8, 4) is 0 Å². The lowest BCUT2D eigenvalue weighted by Crippen LogP contribution is -2.31. The fraction of sp³-hybridized carbons (Fsp3) is 0.583. The Kier molecular flexibility index (Phi) is 7.42. The number of hydrogen-bond acceptors (Lipinski definition) is 3. The molecule has 0 aliphatic rings. The molecule has 0 aliphatic carbocycles. The van der Waals surface area contributed by atoms with Gasteiger partial charge in [0.15, 0.2) is 0 Å². The van der Waals surface area contributed by atoms with Crippen molar-refractivity contribution >= 4 is 17.8 Å². The zero-order valence-electron chi connectivity index (χ0n) is 11.0. The highest BCUT2D eigenvalue weighted by molar-refractivity contribution is 6.01. The van der Waals surface area contributed by atoms with Crippen LogP contribution in [0.4, 0.5) is 0 Å². The van der Waals surface area contributed by atoms with E-state index in [1.165, 1.54) is 13.8 Å². The first-order valence-corrected chi connectivity index (χ1v) is 5.85. The third-order valence-corrected chi connectivity index (χ3v) is 2.43. The average molecular weight is 256 g/mol. The van der Waals surface area contributed by atoms with Crippen LogP contribution >= 0.6 is 0 Å². The van der Waals surface area contributed by atoms with Crippen molar-refractivity contribution in [3.63, 3.8) is 0 Å². The number of carbonyl (C=O) groups is 3. The van der Waals surface area contributed by atoms with Gasteiger partial charge >= 0.3 is 5.97 Å². The summed E-state index contributed by atoms with van der Waals surface area (Å²) in [4.78, 5) is 33.4. The van der Waals surface area contributed by atoms with Crippen molar-refractivity contribution < 1.29 is 19.5 Å². The van der Waals surface area contributed by atoms with Gasteiger partial charge in [-0.25, -0.2) is 4.79 Å². The molecule has 18 heavy (non-hydrogen) atoms. The highest BCUT2D eigenvalue weighted by Crippen LogP contribution is 2.03. The molecule has 0 saturated heterocycles. The van der Waals surface area contributed by atoms with Crippen molar-refractivity contribution in [2.75, 3.05) is 13.1 Å². The zero-order valence-corrected chi connectivity index (χ0v) is 11.0. The predicted octanol–water partition coefficient (Wildman–Crippen LogP) is 0.440. The smallest absolute Gasteiger partial charge is 0.331 e. The molecule has 0 saturated carbocycles. The first-order chi connectivity index (χ1) is 8.40. The molecule has 0 aliphatic heterocycles. The summed E-state index contributed by atoms with van der Waals surface area (Å²) in [6.07, 6.45) is 1.04. The second-order valence-corrected chi connectivity index (χ2v) is 3.91. The van der Waals surface area contributed by atoms with Crippen LogP contribution in [0.3, 0.4) is 0 Å². The van der Waals surface area contributed by atoms with Gasteiger partial charge in [-0.2, -0.15) is 0 Å². The first-order valence-electron chi connectivity index (χ1n) is 5.85. The number of carbonyl (C=O) groups excluding carboxylic acids is 2. The second-order valence-electron chi connectivity index (χ2n) is 3.91. The Morgan fingerprint density at radius 2 is 1.61 bits per heavy atom. The van der Waals surface area contributed by atoms with Crippen LogP contribution in [0.15, 0.2) is 11.1 Å². The SMILES string of the molecule is CCCNC(=O)CCNC(=O)C(C)=C(C)C(=O)O. The van der Waals surface area contributed by atoms with Crippen LogP contribution in [0.1, 0.15) is 33.6 Å². The number of carboxylic acids is 1. The van der Waals surface area contributed by atoms with Crippen molar-refractivity contribution in [2.24, 2.45) is 0 Å². The summed E-state index contributed by atoms with van der Waals surface area (Å²) in [7, 11) is 0. The largest absolute Gasteiger partial charge is 0.478 e. The van der Waals surface area contributed by atoms with Gasteiger partial charge < -0.3 is 15.7 Å². The van der Waals surface area contributed by atoms with Gasteiger partial charge in [0.2, 0.25) is 11.8 Å². The summed E-state index contributed by atoms with van der Waals surface area (Å²) in [5.41, 5.74) is 0.152. The van der Waals surface area contributed by atoms with Gasteiger partial charge in [0.05, 0.1) is 0 Å². The molecule has 0 aromatic carbocycles. The lowest BCUT2D eigenvalue weighted by Gasteiger charge is -2.07. The Bertz CT molecular complexity index is 361. The average Bonchev–Trinajstić information content (AvgIpc) is 2.34. The Balaban J connectivity index is 4.09. The van der Waals surface area contributed by atoms with Crippen LogP contribution in [-0.2, 0) is 14.4 Å². The van der Waals surface area contributed by atoms with E-state index in [0.717, 1.165) is 6.42 Å². The highest BCUT2D eigenvalue weighted by atomic mass is 16.4. The van der Waals surface area contributed by atoms with Crippen LogP contribution in [0, 0.1) is 0 Å². The van der Waals surface area contributed by atoms with Gasteiger partial charge in [-0.3, -0.25) is 9.59 Å². The summed E-state index contributed by atoms with van der Waals surface area (Å²) < 4.78 is 0. The summed E-state index contributed by atoms with van der Waals surface area (Å²) in [5.74, 6) is -1.71. The van der Waals surface area contributed by atoms with Crippen molar-refractivity contribution in [1.29, 1.82) is 0 Å². The molecule has 0 heterocycles. The number of carboxylic acid groups (broad SMARTS) is 1. The molecule has 0 spiro atoms. The molecule has 0 aromatic heterocycles. The molecule has 0 aromatic rings. The molecule has 0 unspecified atom stereocenters. The van der Waals surface area contributed by atoms with Crippen LogP contribution in [0.2, 0.25) is 0 Å². The summed E-state index contributed by atoms with van der Waals surface area (Å²) in [6.45, 7) is 5.56. The molecular formula is C12H20N2O4. The number of amides is 2. The topological polar surface area (TPSA) is 95.5 Å². The summed E-state index contributed by atoms with van der Waals surface area (Å²) in [6, 6.07) is 0. The van der Waals surface area contributed by atoms with Gasteiger partial charge in [0.1, 0.15) is 0 Å². The van der Waals surface area contributed by atoms with Gasteiger partial charge in [-0.1, -0.05) is 6.92 Å². The molecule has 102 valence electrons. The van der Waals surface area contributed by atoms with E-state index in [2.05, 4.69) is 10.6 Å². The van der Waals surface area contributed by atoms with E-state index in [-0.39, 0.29) is 30.0 Å². The van der Waals surface area contributed by atoms with E-state index in [0.29, 0.717) is 6.54 Å². The maximum atomic E-state index is 11.5. The summed E-state index contributed by atoms with van der Waals surface area (Å²) in [5, 5.41) is 13.9. The molecular weight excluding hydrogens is 236 g/mol. The van der Waals surface area contributed by atoms with Gasteiger partial charge in [-0.15, -0.1) is 0 Å². The van der Waals surface area contributed by atoms with E-state index in [9.17, 15) is 14.4 Å². The molecule has 0 atom stereocenters. The monoisotopic (exact) mass is 256 g/mol. The molecule has 0 radical (unpaired) electrons. The van der Waals surface area contributed by atoms with E-state index < -0.39 is 11.9 Å². The lowest BCUT2D eigenvalue weighted by atomic mass is 10.1. The third-order valence-electron chi connectivity index (χ3n) is 2.43. The Labute approximate surface area is 106 Å². The predicted molar refractivity (Wildman–Crippen MR) is 66.9 cm³/mol. The van der Waals surface area contributed by atoms with Crippen LogP contribution < -0.4 is 10.6 Å². The maximum Gasteiger partial charge on any atom is 0.331 e. The quantitative estimate of drug-likeness (QED) is 0.576. The molecule has 0 fully saturated rings. The Morgan fingerprint density at radius 1 is 1.00 bits per heavy atom. The van der Waals surface area contributed by atoms with E-state index in [1.54, 1.807) is 0 Å². The Morgan fingerprint density at radius 3 is 2.11 bits per heavy atom. The number of aliphatic carboxylic acids is 1. The van der Waals surface area contributed by atoms with Crippen LogP contribution in [-0.4, -0.2) is 36.0 Å². The fourth-order valence-electron chi connectivity index (χ4n) is 1.11. The third kappa shape index (κ3) is 6.03. The highest BCUT2D eigenvalue weighted by Gasteiger charge is 2.12. The minimum atomic E-state index is -1.12. The van der Waals surface area contributed by atoms with E-state index in [1.807, 2.05) is 6.92 Å². The minimum absolute atomic E-state index is 0.00272. The number of hydrogen-bond donors (Lipinski definition) is 3. The van der Waals surface area contributed by atoms with E-state index >= 15 is 0 Å². The summed E-state index contributed by atoms with van der Waals surface area (Å²) >= 11 is 0. The number of nitrogens with one attached hydrogen (secondary N) is 2. The number of rotatable bonds is 7. The van der Waals surface area contributed by atoms with Crippen molar-refractivity contribution in [1.82, 2.24) is 10.6 Å². The van der Waals surface area contributed by atoms with Gasteiger partial charge in [-0.05, 0) is 20.3 Å². The van der Waals surface area contributed by atoms with Crippen LogP contribution in [0.5, 0.6) is 0 Å². The first kappa shape index (κ1) is 16.1. The van der Waals surface area contributed by atoms with E-state index in [4.69, 9.17) is 5.11 Å². The standard InChI is InChI=1S/C12H20N2O4/c1-4-6-13-10(15)5-7-14-11(16)8(2)9(3)12(17)18/h4-7H2,1-3H3,(H,13,15)(H,14,16)(H,17,18). The van der Waals surface area contributed by atoms with Crippen molar-refractivity contribution in [2.45, 2.75) is 33.6 Å². The molecule has 3 N–H and O–H groups in total. The van der Waals surface area contributed by atoms with Crippen LogP contribution in [0.25, 0.3) is 0 Å². The maximum absolute atomic E-state index is 11.5. The normalized spacial score (nSPS) is 11.5.